The lowest BCUT2D eigenvalue weighted by molar-refractivity contribution is 0.0510. The maximum atomic E-state index is 11.9. The molecule has 0 spiro atoms. The van der Waals surface area contributed by atoms with Crippen LogP contribution in [-0.4, -0.2) is 56.8 Å². The number of amides is 1. The van der Waals surface area contributed by atoms with E-state index in [1.807, 2.05) is 0 Å². The third-order valence-electron chi connectivity index (χ3n) is 3.47. The van der Waals surface area contributed by atoms with Gasteiger partial charge >= 0.3 is 12.1 Å². The van der Waals surface area contributed by atoms with Crippen LogP contribution in [0, 0.1) is 0 Å². The van der Waals surface area contributed by atoms with Crippen molar-refractivity contribution in [2.24, 2.45) is 7.05 Å². The molecule has 8 nitrogen and oxygen atoms in total. The molecule has 1 N–H and O–H groups in total. The molecule has 1 aliphatic rings. The lowest BCUT2D eigenvalue weighted by Crippen LogP contribution is -2.37. The molecule has 0 atom stereocenters. The zero-order chi connectivity index (χ0) is 14.7. The van der Waals surface area contributed by atoms with E-state index in [1.54, 1.807) is 14.0 Å². The van der Waals surface area contributed by atoms with Crippen LogP contribution in [0.25, 0.3) is 0 Å². The Labute approximate surface area is 116 Å². The van der Waals surface area contributed by atoms with Gasteiger partial charge in [-0.3, -0.25) is 0 Å². The molecule has 1 saturated heterocycles. The molecule has 1 aromatic heterocycles. The normalized spacial score (nSPS) is 16.2. The Balaban J connectivity index is 2.14. The second kappa shape index (κ2) is 5.89. The van der Waals surface area contributed by atoms with Crippen LogP contribution in [0.4, 0.5) is 4.79 Å². The molecular weight excluding hydrogens is 264 g/mol. The van der Waals surface area contributed by atoms with Crippen molar-refractivity contribution in [1.29, 1.82) is 0 Å². The summed E-state index contributed by atoms with van der Waals surface area (Å²) in [6.07, 6.45) is 0.364. The van der Waals surface area contributed by atoms with Gasteiger partial charge in [-0.15, -0.1) is 5.10 Å². The SMILES string of the molecule is CCOC(=O)c1c(C2CCN(C(=O)O)CC2)nnn1C. The first-order chi connectivity index (χ1) is 9.54. The van der Waals surface area contributed by atoms with Gasteiger partial charge in [0.25, 0.3) is 0 Å². The zero-order valence-electron chi connectivity index (χ0n) is 11.6. The minimum absolute atomic E-state index is 0.0405. The van der Waals surface area contributed by atoms with Crippen LogP contribution in [0.15, 0.2) is 0 Å². The van der Waals surface area contributed by atoms with Crippen molar-refractivity contribution < 1.29 is 19.4 Å². The van der Waals surface area contributed by atoms with Gasteiger partial charge in [0.05, 0.1) is 6.61 Å². The highest BCUT2D eigenvalue weighted by atomic mass is 16.5. The van der Waals surface area contributed by atoms with E-state index < -0.39 is 12.1 Å². The number of carbonyl (C=O) groups is 2. The molecular formula is C12H18N4O4. The van der Waals surface area contributed by atoms with Crippen LogP contribution in [0.5, 0.6) is 0 Å². The lowest BCUT2D eigenvalue weighted by Gasteiger charge is -2.29. The monoisotopic (exact) mass is 282 g/mol. The highest BCUT2D eigenvalue weighted by Gasteiger charge is 2.30. The van der Waals surface area contributed by atoms with Crippen molar-refractivity contribution in [1.82, 2.24) is 19.9 Å². The second-order valence-electron chi connectivity index (χ2n) is 4.71. The van der Waals surface area contributed by atoms with E-state index in [1.165, 1.54) is 9.58 Å². The number of carboxylic acid groups (broad SMARTS) is 1. The van der Waals surface area contributed by atoms with E-state index in [0.717, 1.165) is 0 Å². The molecule has 1 aromatic rings. The van der Waals surface area contributed by atoms with E-state index in [2.05, 4.69) is 10.3 Å². The minimum Gasteiger partial charge on any atom is -0.465 e. The third-order valence-corrected chi connectivity index (χ3v) is 3.47. The van der Waals surface area contributed by atoms with Crippen LogP contribution in [0.2, 0.25) is 0 Å². The number of rotatable bonds is 3. The van der Waals surface area contributed by atoms with Crippen molar-refractivity contribution in [2.75, 3.05) is 19.7 Å². The number of hydrogen-bond acceptors (Lipinski definition) is 5. The molecule has 0 aromatic carbocycles. The van der Waals surface area contributed by atoms with Gasteiger partial charge in [-0.05, 0) is 19.8 Å². The fourth-order valence-electron chi connectivity index (χ4n) is 2.43. The van der Waals surface area contributed by atoms with Crippen LogP contribution in [0.3, 0.4) is 0 Å². The van der Waals surface area contributed by atoms with Crippen molar-refractivity contribution in [2.45, 2.75) is 25.7 Å². The number of aryl methyl sites for hydroxylation is 1. The van der Waals surface area contributed by atoms with Gasteiger partial charge in [0.15, 0.2) is 5.69 Å². The highest BCUT2D eigenvalue weighted by Crippen LogP contribution is 2.29. The summed E-state index contributed by atoms with van der Waals surface area (Å²) in [6, 6.07) is 0. The molecule has 0 radical (unpaired) electrons. The van der Waals surface area contributed by atoms with Gasteiger partial charge in [0, 0.05) is 26.1 Å². The molecule has 1 aliphatic heterocycles. The summed E-state index contributed by atoms with van der Waals surface area (Å²) in [4.78, 5) is 24.2. The van der Waals surface area contributed by atoms with Crippen molar-refractivity contribution in [3.63, 3.8) is 0 Å². The zero-order valence-corrected chi connectivity index (χ0v) is 11.6. The predicted octanol–water partition coefficient (Wildman–Crippen LogP) is 0.849. The largest absolute Gasteiger partial charge is 0.465 e. The molecule has 8 heteroatoms. The summed E-state index contributed by atoms with van der Waals surface area (Å²) in [5, 5.41) is 16.9. The Morgan fingerprint density at radius 3 is 2.60 bits per heavy atom. The molecule has 2 rings (SSSR count). The number of nitrogens with zero attached hydrogens (tertiary/aromatic N) is 4. The number of esters is 1. The Hall–Kier alpha value is -2.12. The number of likely N-dealkylation sites (tertiary alicyclic amines) is 1. The standard InChI is InChI=1S/C12H18N4O4/c1-3-20-11(17)10-9(13-14-15(10)2)8-4-6-16(7-5-8)12(18)19/h8H,3-7H2,1-2H3,(H,18,19). The summed E-state index contributed by atoms with van der Waals surface area (Å²) < 4.78 is 6.43. The Kier molecular flexibility index (Phi) is 4.21. The predicted molar refractivity (Wildman–Crippen MR) is 68.5 cm³/mol. The van der Waals surface area contributed by atoms with Gasteiger partial charge in [0.1, 0.15) is 5.69 Å². The van der Waals surface area contributed by atoms with Crippen molar-refractivity contribution in [3.8, 4) is 0 Å². The van der Waals surface area contributed by atoms with Crippen LogP contribution < -0.4 is 0 Å². The van der Waals surface area contributed by atoms with Gasteiger partial charge in [-0.1, -0.05) is 5.21 Å². The average Bonchev–Trinajstić information content (AvgIpc) is 2.81. The second-order valence-corrected chi connectivity index (χ2v) is 4.71. The first-order valence-corrected chi connectivity index (χ1v) is 6.59. The topological polar surface area (TPSA) is 97.6 Å². The number of carbonyl (C=O) groups excluding carboxylic acids is 1. The van der Waals surface area contributed by atoms with Crippen LogP contribution in [0.1, 0.15) is 41.9 Å². The quantitative estimate of drug-likeness (QED) is 0.825. The van der Waals surface area contributed by atoms with Crippen molar-refractivity contribution in [3.05, 3.63) is 11.4 Å². The molecule has 20 heavy (non-hydrogen) atoms. The molecule has 0 saturated carbocycles. The Morgan fingerprint density at radius 2 is 2.05 bits per heavy atom. The van der Waals surface area contributed by atoms with Gasteiger partial charge in [0.2, 0.25) is 0 Å². The van der Waals surface area contributed by atoms with E-state index in [0.29, 0.717) is 43.9 Å². The number of aromatic nitrogens is 3. The molecule has 0 unspecified atom stereocenters. The van der Waals surface area contributed by atoms with E-state index in [9.17, 15) is 9.59 Å². The van der Waals surface area contributed by atoms with Gasteiger partial charge in [-0.2, -0.15) is 0 Å². The highest BCUT2D eigenvalue weighted by molar-refractivity contribution is 5.88. The van der Waals surface area contributed by atoms with Gasteiger partial charge in [-0.25, -0.2) is 14.3 Å². The van der Waals surface area contributed by atoms with Crippen molar-refractivity contribution >= 4 is 12.1 Å². The molecule has 2 heterocycles. The Bertz CT molecular complexity index is 506. The fraction of sp³-hybridized carbons (Fsp3) is 0.667. The first kappa shape index (κ1) is 14.3. The fourth-order valence-corrected chi connectivity index (χ4v) is 2.43. The van der Waals surface area contributed by atoms with Crippen LogP contribution in [-0.2, 0) is 11.8 Å². The molecule has 0 aliphatic carbocycles. The van der Waals surface area contributed by atoms with E-state index >= 15 is 0 Å². The third kappa shape index (κ3) is 2.73. The maximum absolute atomic E-state index is 11.9. The van der Waals surface area contributed by atoms with Gasteiger partial charge < -0.3 is 14.7 Å². The molecule has 1 amide bonds. The number of hydrogen-bond donors (Lipinski definition) is 1. The van der Waals surface area contributed by atoms with Crippen LogP contribution >= 0.6 is 0 Å². The molecule has 110 valence electrons. The average molecular weight is 282 g/mol. The minimum atomic E-state index is -0.909. The number of ether oxygens (including phenoxy) is 1. The number of piperidine rings is 1. The van der Waals surface area contributed by atoms with E-state index in [4.69, 9.17) is 9.84 Å². The van der Waals surface area contributed by atoms with E-state index in [-0.39, 0.29) is 5.92 Å². The smallest absolute Gasteiger partial charge is 0.407 e. The summed E-state index contributed by atoms with van der Waals surface area (Å²) in [5.74, 6) is -0.394. The maximum Gasteiger partial charge on any atom is 0.407 e. The Morgan fingerprint density at radius 1 is 1.40 bits per heavy atom. The summed E-state index contributed by atoms with van der Waals surface area (Å²) in [6.45, 7) is 2.92. The summed E-state index contributed by atoms with van der Waals surface area (Å²) >= 11 is 0. The molecule has 0 bridgehead atoms. The lowest BCUT2D eigenvalue weighted by atomic mass is 9.92. The first-order valence-electron chi connectivity index (χ1n) is 6.59. The summed E-state index contributed by atoms with van der Waals surface area (Å²) in [5.41, 5.74) is 0.969. The summed E-state index contributed by atoms with van der Waals surface area (Å²) in [7, 11) is 1.65. The molecule has 1 fully saturated rings.